The number of rotatable bonds is 4. The molecule has 1 aromatic rings. The lowest BCUT2D eigenvalue weighted by Gasteiger charge is -2.35. The average molecular weight is 384 g/mol. The number of carboxylic acids is 1. The molecule has 150 valence electrons. The second kappa shape index (κ2) is 6.99. The third-order valence-corrected chi connectivity index (χ3v) is 6.98. The summed E-state index contributed by atoms with van der Waals surface area (Å²) >= 11 is 0. The maximum Gasteiger partial charge on any atom is 0.324 e. The zero-order valence-electron chi connectivity index (χ0n) is 16.5. The lowest BCUT2D eigenvalue weighted by molar-refractivity contribution is -0.150. The predicted octanol–water partition coefficient (Wildman–Crippen LogP) is 2.63. The first kappa shape index (κ1) is 19.1. The summed E-state index contributed by atoms with van der Waals surface area (Å²) in [7, 11) is 0. The molecular weight excluding hydrogens is 356 g/mol. The van der Waals surface area contributed by atoms with Crippen LogP contribution in [-0.4, -0.2) is 28.4 Å². The number of aliphatic carboxylic acids is 1. The van der Waals surface area contributed by atoms with Gasteiger partial charge >= 0.3 is 5.97 Å². The average Bonchev–Trinajstić information content (AvgIpc) is 3.15. The van der Waals surface area contributed by atoms with E-state index in [1.807, 2.05) is 32.0 Å². The number of benzene rings is 1. The third kappa shape index (κ3) is 2.94. The Morgan fingerprint density at radius 1 is 1.14 bits per heavy atom. The van der Waals surface area contributed by atoms with E-state index in [9.17, 15) is 19.5 Å². The maximum absolute atomic E-state index is 12.7. The SMILES string of the molecule is Cc1ccc(C)c(C2NC(CC3CCCCC3)(C(=O)O)C3C(=O)NC(=O)C23)c1. The molecule has 0 spiro atoms. The molecule has 4 unspecified atom stereocenters. The van der Waals surface area contributed by atoms with E-state index in [1.165, 1.54) is 6.42 Å². The molecular formula is C22H28N2O4. The van der Waals surface area contributed by atoms with Crippen molar-refractivity contribution in [2.45, 2.75) is 64.0 Å². The molecule has 4 atom stereocenters. The van der Waals surface area contributed by atoms with Crippen molar-refractivity contribution < 1.29 is 19.5 Å². The van der Waals surface area contributed by atoms with Gasteiger partial charge in [0.1, 0.15) is 5.54 Å². The van der Waals surface area contributed by atoms with Crippen LogP contribution < -0.4 is 10.6 Å². The van der Waals surface area contributed by atoms with Gasteiger partial charge in [0, 0.05) is 6.04 Å². The number of hydrogen-bond acceptors (Lipinski definition) is 4. The van der Waals surface area contributed by atoms with Gasteiger partial charge in [-0.15, -0.1) is 0 Å². The quantitative estimate of drug-likeness (QED) is 0.694. The van der Waals surface area contributed by atoms with Gasteiger partial charge in [0.05, 0.1) is 11.8 Å². The molecule has 0 bridgehead atoms. The number of amides is 2. The molecule has 1 saturated carbocycles. The van der Waals surface area contributed by atoms with Crippen LogP contribution in [0.1, 0.15) is 61.3 Å². The smallest absolute Gasteiger partial charge is 0.324 e. The minimum absolute atomic E-state index is 0.263. The van der Waals surface area contributed by atoms with Crippen molar-refractivity contribution in [3.05, 3.63) is 34.9 Å². The number of hydrogen-bond donors (Lipinski definition) is 3. The molecule has 3 fully saturated rings. The molecule has 3 N–H and O–H groups in total. The normalized spacial score (nSPS) is 33.0. The van der Waals surface area contributed by atoms with Crippen molar-refractivity contribution in [1.82, 2.24) is 10.6 Å². The van der Waals surface area contributed by atoms with Crippen LogP contribution in [0.25, 0.3) is 0 Å². The van der Waals surface area contributed by atoms with Crippen molar-refractivity contribution in [2.75, 3.05) is 0 Å². The molecule has 0 aromatic heterocycles. The maximum atomic E-state index is 12.7. The number of imide groups is 1. The number of aryl methyl sites for hydroxylation is 2. The van der Waals surface area contributed by atoms with Crippen LogP contribution in [0.5, 0.6) is 0 Å². The highest BCUT2D eigenvalue weighted by Gasteiger charge is 2.66. The van der Waals surface area contributed by atoms with Gasteiger partial charge in [-0.1, -0.05) is 55.9 Å². The Kier molecular flexibility index (Phi) is 4.78. The molecule has 6 heteroatoms. The van der Waals surface area contributed by atoms with Crippen molar-refractivity contribution in [1.29, 1.82) is 0 Å². The molecule has 3 aliphatic rings. The van der Waals surface area contributed by atoms with Crippen LogP contribution in [0, 0.1) is 31.6 Å². The first-order valence-corrected chi connectivity index (χ1v) is 10.3. The van der Waals surface area contributed by atoms with Crippen LogP contribution in [0.2, 0.25) is 0 Å². The highest BCUT2D eigenvalue weighted by Crippen LogP contribution is 2.50. The second-order valence-electron chi connectivity index (χ2n) is 8.82. The molecule has 28 heavy (non-hydrogen) atoms. The Balaban J connectivity index is 1.78. The van der Waals surface area contributed by atoms with Crippen molar-refractivity contribution in [3.63, 3.8) is 0 Å². The Labute approximate surface area is 165 Å². The van der Waals surface area contributed by atoms with Crippen molar-refractivity contribution in [3.8, 4) is 0 Å². The molecule has 0 radical (unpaired) electrons. The lowest BCUT2D eigenvalue weighted by Crippen LogP contribution is -2.56. The van der Waals surface area contributed by atoms with Crippen LogP contribution in [0.4, 0.5) is 0 Å². The van der Waals surface area contributed by atoms with Gasteiger partial charge in [0.15, 0.2) is 0 Å². The summed E-state index contributed by atoms with van der Waals surface area (Å²) in [6.45, 7) is 3.93. The summed E-state index contributed by atoms with van der Waals surface area (Å²) < 4.78 is 0. The van der Waals surface area contributed by atoms with Crippen LogP contribution >= 0.6 is 0 Å². The van der Waals surface area contributed by atoms with Gasteiger partial charge in [-0.05, 0) is 37.3 Å². The van der Waals surface area contributed by atoms with E-state index in [4.69, 9.17) is 0 Å². The van der Waals surface area contributed by atoms with E-state index in [1.54, 1.807) is 0 Å². The van der Waals surface area contributed by atoms with Gasteiger partial charge in [-0.25, -0.2) is 0 Å². The molecule has 1 aliphatic carbocycles. The Bertz CT molecular complexity index is 830. The van der Waals surface area contributed by atoms with Gasteiger partial charge in [0.2, 0.25) is 11.8 Å². The summed E-state index contributed by atoms with van der Waals surface area (Å²) in [4.78, 5) is 38.0. The fourth-order valence-electron chi connectivity index (χ4n) is 5.61. The molecule has 2 saturated heterocycles. The van der Waals surface area contributed by atoms with E-state index >= 15 is 0 Å². The number of carbonyl (C=O) groups is 3. The van der Waals surface area contributed by atoms with Gasteiger partial charge in [-0.3, -0.25) is 25.0 Å². The largest absolute Gasteiger partial charge is 0.480 e. The van der Waals surface area contributed by atoms with E-state index < -0.39 is 35.3 Å². The van der Waals surface area contributed by atoms with Crippen LogP contribution in [0.15, 0.2) is 18.2 Å². The lowest BCUT2D eigenvalue weighted by atomic mass is 9.72. The highest BCUT2D eigenvalue weighted by atomic mass is 16.4. The van der Waals surface area contributed by atoms with E-state index in [2.05, 4.69) is 10.6 Å². The zero-order chi connectivity index (χ0) is 20.1. The summed E-state index contributed by atoms with van der Waals surface area (Å²) in [6, 6.07) is 5.50. The highest BCUT2D eigenvalue weighted by molar-refractivity contribution is 6.09. The van der Waals surface area contributed by atoms with E-state index in [0.29, 0.717) is 6.42 Å². The van der Waals surface area contributed by atoms with E-state index in [0.717, 1.165) is 42.4 Å². The molecule has 2 heterocycles. The molecule has 6 nitrogen and oxygen atoms in total. The van der Waals surface area contributed by atoms with Crippen molar-refractivity contribution >= 4 is 17.8 Å². The predicted molar refractivity (Wildman–Crippen MR) is 103 cm³/mol. The number of nitrogens with one attached hydrogen (secondary N) is 2. The number of fused-ring (bicyclic) bond motifs is 1. The minimum atomic E-state index is -1.40. The fourth-order valence-corrected chi connectivity index (χ4v) is 5.61. The van der Waals surface area contributed by atoms with Crippen LogP contribution in [-0.2, 0) is 14.4 Å². The zero-order valence-corrected chi connectivity index (χ0v) is 16.5. The Hall–Kier alpha value is -2.21. The number of carbonyl (C=O) groups excluding carboxylic acids is 2. The Morgan fingerprint density at radius 3 is 2.54 bits per heavy atom. The van der Waals surface area contributed by atoms with Crippen LogP contribution in [0.3, 0.4) is 0 Å². The second-order valence-corrected chi connectivity index (χ2v) is 8.82. The third-order valence-electron chi connectivity index (χ3n) is 6.98. The Morgan fingerprint density at radius 2 is 1.86 bits per heavy atom. The molecule has 4 rings (SSSR count). The molecule has 2 amide bonds. The van der Waals surface area contributed by atoms with Gasteiger partial charge in [-0.2, -0.15) is 0 Å². The number of carboxylic acid groups (broad SMARTS) is 1. The minimum Gasteiger partial charge on any atom is -0.480 e. The van der Waals surface area contributed by atoms with E-state index in [-0.39, 0.29) is 11.8 Å². The van der Waals surface area contributed by atoms with Crippen molar-refractivity contribution in [2.24, 2.45) is 17.8 Å². The van der Waals surface area contributed by atoms with Gasteiger partial charge in [0.25, 0.3) is 0 Å². The summed E-state index contributed by atoms with van der Waals surface area (Å²) in [5.41, 5.74) is 1.55. The first-order valence-electron chi connectivity index (χ1n) is 10.3. The summed E-state index contributed by atoms with van der Waals surface area (Å²) in [6.07, 6.45) is 5.74. The topological polar surface area (TPSA) is 95.5 Å². The molecule has 1 aromatic carbocycles. The molecule has 2 aliphatic heterocycles. The monoisotopic (exact) mass is 384 g/mol. The first-order chi connectivity index (χ1) is 13.3. The standard InChI is InChI=1S/C22H28N2O4/c1-12-8-9-13(2)15(10-12)18-16-17(20(26)23-19(16)25)22(24-18,21(27)28)11-14-6-4-3-5-7-14/h8-10,14,16-18,24H,3-7,11H2,1-2H3,(H,27,28)(H,23,25,26). The summed E-state index contributed by atoms with van der Waals surface area (Å²) in [5, 5.41) is 16.0. The summed E-state index contributed by atoms with van der Waals surface area (Å²) in [5.74, 6) is -3.13. The van der Waals surface area contributed by atoms with Gasteiger partial charge < -0.3 is 5.11 Å². The fraction of sp³-hybridized carbons (Fsp3) is 0.591.